The predicted octanol–water partition coefficient (Wildman–Crippen LogP) is 6.39. The third-order valence-corrected chi connectivity index (χ3v) is 10.9. The lowest BCUT2D eigenvalue weighted by molar-refractivity contribution is 0.0733. The molecule has 5 rings (SSSR count). The summed E-state index contributed by atoms with van der Waals surface area (Å²) in [5.74, 6) is -0.269. The maximum atomic E-state index is 14.3. The van der Waals surface area contributed by atoms with Crippen molar-refractivity contribution in [3.8, 4) is 5.75 Å². The number of carbonyl (C=O) groups is 2. The maximum absolute atomic E-state index is 14.3. The van der Waals surface area contributed by atoms with Crippen molar-refractivity contribution in [2.75, 3.05) is 6.16 Å². The van der Waals surface area contributed by atoms with Gasteiger partial charge in [0.15, 0.2) is 0 Å². The van der Waals surface area contributed by atoms with Crippen LogP contribution >= 0.6 is 7.26 Å². The number of ether oxygens (including phenoxy) is 1. The van der Waals surface area contributed by atoms with Crippen LogP contribution in [-0.4, -0.2) is 17.9 Å². The fraction of sp³-hybridized carbons (Fsp3) is 0.0588. The van der Waals surface area contributed by atoms with Crippen LogP contribution < -0.4 is 20.7 Å². The molecule has 0 saturated heterocycles. The SMILES string of the molecule is Cc1ccc(OC(=O)c2ccccc2)c(C(=O)C[P+](c2ccccc2)(c2ccccc2)c2ccccc2)c1. The Morgan fingerprint density at radius 3 is 1.53 bits per heavy atom. The Bertz CT molecular complexity index is 1440. The van der Waals surface area contributed by atoms with Gasteiger partial charge < -0.3 is 4.74 Å². The van der Waals surface area contributed by atoms with E-state index < -0.39 is 13.2 Å². The van der Waals surface area contributed by atoms with E-state index in [1.54, 1.807) is 30.3 Å². The number of carbonyl (C=O) groups excluding carboxylic acids is 2. The number of Topliss-reactive ketones (excluding diaryl/α,β-unsaturated/α-hetero) is 1. The molecule has 0 radical (unpaired) electrons. The first-order valence-corrected chi connectivity index (χ1v) is 14.5. The van der Waals surface area contributed by atoms with Crippen LogP contribution in [0.4, 0.5) is 0 Å². The lowest BCUT2D eigenvalue weighted by Crippen LogP contribution is -2.35. The fourth-order valence-corrected chi connectivity index (χ4v) is 8.84. The third kappa shape index (κ3) is 5.20. The second-order valence-corrected chi connectivity index (χ2v) is 12.6. The summed E-state index contributed by atoms with van der Waals surface area (Å²) in [4.78, 5) is 27.2. The molecule has 186 valence electrons. The molecule has 0 unspecified atom stereocenters. The van der Waals surface area contributed by atoms with Gasteiger partial charge in [0.1, 0.15) is 35.1 Å². The van der Waals surface area contributed by atoms with Crippen molar-refractivity contribution in [3.05, 3.63) is 156 Å². The van der Waals surface area contributed by atoms with E-state index in [0.29, 0.717) is 11.1 Å². The highest BCUT2D eigenvalue weighted by atomic mass is 31.2. The van der Waals surface area contributed by atoms with Crippen molar-refractivity contribution in [1.29, 1.82) is 0 Å². The number of rotatable bonds is 8. The van der Waals surface area contributed by atoms with Crippen LogP contribution in [0.2, 0.25) is 0 Å². The average Bonchev–Trinajstić information content (AvgIpc) is 2.98. The van der Waals surface area contributed by atoms with Crippen LogP contribution in [-0.2, 0) is 0 Å². The highest BCUT2D eigenvalue weighted by molar-refractivity contribution is 7.96. The monoisotopic (exact) mass is 515 g/mol. The van der Waals surface area contributed by atoms with Crippen molar-refractivity contribution in [2.24, 2.45) is 0 Å². The first-order chi connectivity index (χ1) is 18.6. The van der Waals surface area contributed by atoms with Crippen molar-refractivity contribution in [3.63, 3.8) is 0 Å². The molecule has 0 amide bonds. The van der Waals surface area contributed by atoms with Crippen molar-refractivity contribution in [2.45, 2.75) is 6.92 Å². The Labute approximate surface area is 224 Å². The summed E-state index contributed by atoms with van der Waals surface area (Å²) >= 11 is 0. The van der Waals surface area contributed by atoms with Gasteiger partial charge >= 0.3 is 5.97 Å². The van der Waals surface area contributed by atoms with Crippen LogP contribution in [0.15, 0.2) is 140 Å². The normalized spacial score (nSPS) is 11.1. The van der Waals surface area contributed by atoms with Crippen LogP contribution in [0.5, 0.6) is 5.75 Å². The number of ketones is 1. The summed E-state index contributed by atoms with van der Waals surface area (Å²) in [7, 11) is -2.39. The molecule has 0 aliphatic rings. The second-order valence-electron chi connectivity index (χ2n) is 9.15. The van der Waals surface area contributed by atoms with Gasteiger partial charge in [-0.25, -0.2) is 4.79 Å². The predicted molar refractivity (Wildman–Crippen MR) is 157 cm³/mol. The van der Waals surface area contributed by atoms with Crippen molar-refractivity contribution < 1.29 is 14.3 Å². The van der Waals surface area contributed by atoms with Crippen LogP contribution in [0.25, 0.3) is 0 Å². The zero-order chi connectivity index (χ0) is 26.4. The lowest BCUT2D eigenvalue weighted by Gasteiger charge is -2.27. The molecule has 5 aromatic carbocycles. The number of hydrogen-bond acceptors (Lipinski definition) is 3. The molecule has 0 heterocycles. The van der Waals surface area contributed by atoms with Crippen LogP contribution in [0.3, 0.4) is 0 Å². The minimum atomic E-state index is -2.39. The van der Waals surface area contributed by atoms with E-state index in [4.69, 9.17) is 4.74 Å². The summed E-state index contributed by atoms with van der Waals surface area (Å²) in [5.41, 5.74) is 1.78. The lowest BCUT2D eigenvalue weighted by atomic mass is 10.1. The molecule has 0 atom stereocenters. The minimum absolute atomic E-state index is 0.0607. The van der Waals surface area contributed by atoms with E-state index in [1.165, 1.54) is 0 Å². The van der Waals surface area contributed by atoms with E-state index in [1.807, 2.05) is 79.7 Å². The van der Waals surface area contributed by atoms with Crippen molar-refractivity contribution >= 4 is 34.9 Å². The van der Waals surface area contributed by atoms with Crippen LogP contribution in [0, 0.1) is 6.92 Å². The molecule has 0 aliphatic carbocycles. The molecule has 0 aromatic heterocycles. The van der Waals surface area contributed by atoms with Gasteiger partial charge in [0.2, 0.25) is 5.78 Å². The molecule has 0 N–H and O–H groups in total. The Morgan fingerprint density at radius 2 is 1.05 bits per heavy atom. The number of aryl methyl sites for hydroxylation is 1. The summed E-state index contributed by atoms with van der Waals surface area (Å²) in [5, 5.41) is 3.38. The number of benzene rings is 5. The molecular weight excluding hydrogens is 487 g/mol. The third-order valence-electron chi connectivity index (χ3n) is 6.62. The van der Waals surface area contributed by atoms with E-state index >= 15 is 0 Å². The summed E-state index contributed by atoms with van der Waals surface area (Å²) in [6.07, 6.45) is 0.268. The Hall–Kier alpha value is -4.33. The van der Waals surface area contributed by atoms with Gasteiger partial charge in [-0.3, -0.25) is 4.79 Å². The first-order valence-electron chi connectivity index (χ1n) is 12.5. The van der Waals surface area contributed by atoms with Gasteiger partial charge in [-0.15, -0.1) is 0 Å². The molecule has 3 nitrogen and oxygen atoms in total. The Morgan fingerprint density at radius 1 is 0.605 bits per heavy atom. The molecule has 0 bridgehead atoms. The number of esters is 1. The van der Waals surface area contributed by atoms with E-state index in [0.717, 1.165) is 21.5 Å². The topological polar surface area (TPSA) is 43.4 Å². The highest BCUT2D eigenvalue weighted by Crippen LogP contribution is 2.55. The Kier molecular flexibility index (Phi) is 7.58. The second kappa shape index (κ2) is 11.4. The molecule has 38 heavy (non-hydrogen) atoms. The Balaban J connectivity index is 1.62. The minimum Gasteiger partial charge on any atom is -0.422 e. The molecule has 0 aliphatic heterocycles. The molecule has 0 fully saturated rings. The van der Waals surface area contributed by atoms with E-state index in [9.17, 15) is 9.59 Å². The standard InChI is InChI=1S/C34H28O3P/c1-26-22-23-33(37-34(36)27-14-6-2-7-15-27)31(24-26)32(35)25-38(28-16-8-3-9-17-28,29-18-10-4-11-19-29)30-20-12-5-13-21-30/h2-24H,25H2,1H3/q+1. The van der Waals surface area contributed by atoms with Gasteiger partial charge in [0.05, 0.1) is 11.1 Å². The van der Waals surface area contributed by atoms with E-state index in [-0.39, 0.29) is 17.7 Å². The molecule has 0 spiro atoms. The zero-order valence-electron chi connectivity index (χ0n) is 21.2. The van der Waals surface area contributed by atoms with Gasteiger partial charge in [-0.1, -0.05) is 84.4 Å². The maximum Gasteiger partial charge on any atom is 0.343 e. The summed E-state index contributed by atoms with van der Waals surface area (Å²) < 4.78 is 5.79. The number of hydrogen-bond donors (Lipinski definition) is 0. The smallest absolute Gasteiger partial charge is 0.343 e. The quantitative estimate of drug-likeness (QED) is 0.104. The summed E-state index contributed by atoms with van der Waals surface area (Å²) in [6.45, 7) is 1.94. The highest BCUT2D eigenvalue weighted by Gasteiger charge is 2.47. The first kappa shape index (κ1) is 25.3. The van der Waals surface area contributed by atoms with E-state index in [2.05, 4.69) is 36.4 Å². The summed E-state index contributed by atoms with van der Waals surface area (Å²) in [6, 6.07) is 45.1. The van der Waals surface area contributed by atoms with Gasteiger partial charge in [-0.2, -0.15) is 0 Å². The largest absolute Gasteiger partial charge is 0.422 e. The molecular formula is C34H28O3P+. The van der Waals surface area contributed by atoms with Gasteiger partial charge in [0, 0.05) is 0 Å². The van der Waals surface area contributed by atoms with Crippen LogP contribution in [0.1, 0.15) is 26.3 Å². The zero-order valence-corrected chi connectivity index (χ0v) is 22.1. The van der Waals surface area contributed by atoms with Crippen molar-refractivity contribution in [1.82, 2.24) is 0 Å². The molecule has 0 saturated carbocycles. The van der Waals surface area contributed by atoms with Gasteiger partial charge in [-0.05, 0) is 67.6 Å². The van der Waals surface area contributed by atoms with Gasteiger partial charge in [0.25, 0.3) is 0 Å². The molecule has 4 heteroatoms. The average molecular weight is 516 g/mol. The molecule has 5 aromatic rings. The fourth-order valence-electron chi connectivity index (χ4n) is 4.75.